The minimum atomic E-state index is -0.0145. The van der Waals surface area contributed by atoms with Gasteiger partial charge in [-0.25, -0.2) is 9.97 Å². The SMILES string of the molecule is CC(C)CN(C)C(=O)c1cc(-c2ncnc3[nH]ccc23)c[nH]1. The van der Waals surface area contributed by atoms with Crippen LogP contribution >= 0.6 is 0 Å². The van der Waals surface area contributed by atoms with Gasteiger partial charge in [0, 0.05) is 36.9 Å². The Morgan fingerprint density at radius 3 is 2.91 bits per heavy atom. The van der Waals surface area contributed by atoms with Crippen LogP contribution in [0.3, 0.4) is 0 Å². The molecule has 0 atom stereocenters. The molecule has 0 bridgehead atoms. The highest BCUT2D eigenvalue weighted by atomic mass is 16.2. The molecule has 3 rings (SSSR count). The fraction of sp³-hybridized carbons (Fsp3) is 0.312. The Morgan fingerprint density at radius 2 is 2.14 bits per heavy atom. The van der Waals surface area contributed by atoms with Crippen molar-refractivity contribution < 1.29 is 4.79 Å². The topological polar surface area (TPSA) is 77.7 Å². The van der Waals surface area contributed by atoms with Crippen LogP contribution < -0.4 is 0 Å². The molecular formula is C16H19N5O. The van der Waals surface area contributed by atoms with E-state index in [9.17, 15) is 4.79 Å². The number of carbonyl (C=O) groups is 1. The molecule has 1 amide bonds. The molecule has 3 aromatic rings. The van der Waals surface area contributed by atoms with Gasteiger partial charge in [-0.1, -0.05) is 13.8 Å². The van der Waals surface area contributed by atoms with Gasteiger partial charge in [0.05, 0.1) is 5.69 Å². The predicted octanol–water partition coefficient (Wildman–Crippen LogP) is 2.68. The van der Waals surface area contributed by atoms with Gasteiger partial charge in [-0.05, 0) is 18.1 Å². The third kappa shape index (κ3) is 2.59. The number of H-pyrrole nitrogens is 2. The van der Waals surface area contributed by atoms with E-state index in [4.69, 9.17) is 0 Å². The highest BCUT2D eigenvalue weighted by Gasteiger charge is 2.16. The zero-order valence-electron chi connectivity index (χ0n) is 12.9. The van der Waals surface area contributed by atoms with Gasteiger partial charge < -0.3 is 14.9 Å². The van der Waals surface area contributed by atoms with Gasteiger partial charge in [-0.15, -0.1) is 0 Å². The molecule has 0 unspecified atom stereocenters. The monoisotopic (exact) mass is 297 g/mol. The van der Waals surface area contributed by atoms with E-state index in [0.29, 0.717) is 11.6 Å². The molecule has 2 N–H and O–H groups in total. The number of aromatic amines is 2. The van der Waals surface area contributed by atoms with Crippen molar-refractivity contribution in [2.24, 2.45) is 5.92 Å². The second-order valence-electron chi connectivity index (χ2n) is 5.84. The number of nitrogens with zero attached hydrogens (tertiary/aromatic N) is 3. The summed E-state index contributed by atoms with van der Waals surface area (Å²) < 4.78 is 0. The predicted molar refractivity (Wildman–Crippen MR) is 85.5 cm³/mol. The maximum atomic E-state index is 12.4. The van der Waals surface area contributed by atoms with Gasteiger partial charge in [0.1, 0.15) is 17.7 Å². The lowest BCUT2D eigenvalue weighted by Crippen LogP contribution is -2.30. The highest BCUT2D eigenvalue weighted by molar-refractivity contribution is 5.96. The molecule has 6 nitrogen and oxygen atoms in total. The molecule has 0 aromatic carbocycles. The lowest BCUT2D eigenvalue weighted by atomic mass is 10.1. The van der Waals surface area contributed by atoms with Crippen molar-refractivity contribution >= 4 is 16.9 Å². The summed E-state index contributed by atoms with van der Waals surface area (Å²) in [6.07, 6.45) is 5.16. The van der Waals surface area contributed by atoms with Crippen LogP contribution in [0.5, 0.6) is 0 Å². The van der Waals surface area contributed by atoms with Crippen molar-refractivity contribution in [3.63, 3.8) is 0 Å². The fourth-order valence-electron chi connectivity index (χ4n) is 2.59. The number of aromatic nitrogens is 4. The lowest BCUT2D eigenvalue weighted by molar-refractivity contribution is 0.0774. The average Bonchev–Trinajstić information content (AvgIpc) is 3.14. The quantitative estimate of drug-likeness (QED) is 0.777. The molecule has 0 aliphatic carbocycles. The summed E-state index contributed by atoms with van der Waals surface area (Å²) in [6, 6.07) is 3.78. The van der Waals surface area contributed by atoms with Crippen LogP contribution in [0.4, 0.5) is 0 Å². The Balaban J connectivity index is 1.91. The summed E-state index contributed by atoms with van der Waals surface area (Å²) in [5.41, 5.74) is 3.05. The molecule has 0 aliphatic rings. The molecule has 0 spiro atoms. The molecule has 0 aliphatic heterocycles. The van der Waals surface area contributed by atoms with Crippen molar-refractivity contribution in [2.75, 3.05) is 13.6 Å². The van der Waals surface area contributed by atoms with Crippen molar-refractivity contribution in [3.05, 3.63) is 36.5 Å². The van der Waals surface area contributed by atoms with E-state index in [1.807, 2.05) is 31.6 Å². The van der Waals surface area contributed by atoms with Crippen molar-refractivity contribution in [1.82, 2.24) is 24.8 Å². The van der Waals surface area contributed by atoms with Crippen LogP contribution in [0.2, 0.25) is 0 Å². The van der Waals surface area contributed by atoms with E-state index in [0.717, 1.165) is 28.8 Å². The third-order valence-electron chi connectivity index (χ3n) is 3.53. The minimum absolute atomic E-state index is 0.0145. The molecule has 6 heteroatoms. The highest BCUT2D eigenvalue weighted by Crippen LogP contribution is 2.25. The Morgan fingerprint density at radius 1 is 1.32 bits per heavy atom. The summed E-state index contributed by atoms with van der Waals surface area (Å²) in [4.78, 5) is 28.8. The molecule has 0 saturated heterocycles. The van der Waals surface area contributed by atoms with Crippen LogP contribution in [0.1, 0.15) is 24.3 Å². The second-order valence-corrected chi connectivity index (χ2v) is 5.84. The Hall–Kier alpha value is -2.63. The largest absolute Gasteiger partial charge is 0.357 e. The second kappa shape index (κ2) is 5.63. The van der Waals surface area contributed by atoms with Crippen molar-refractivity contribution in [2.45, 2.75) is 13.8 Å². The van der Waals surface area contributed by atoms with Crippen LogP contribution in [-0.2, 0) is 0 Å². The number of hydrogen-bond acceptors (Lipinski definition) is 3. The number of carbonyl (C=O) groups excluding carboxylic acids is 1. The van der Waals surface area contributed by atoms with E-state index >= 15 is 0 Å². The maximum absolute atomic E-state index is 12.4. The molecule has 0 fully saturated rings. The first-order chi connectivity index (χ1) is 10.6. The fourth-order valence-corrected chi connectivity index (χ4v) is 2.59. The molecular weight excluding hydrogens is 278 g/mol. The summed E-state index contributed by atoms with van der Waals surface area (Å²) in [5, 5.41) is 0.941. The summed E-state index contributed by atoms with van der Waals surface area (Å²) in [5.74, 6) is 0.420. The molecule has 0 radical (unpaired) electrons. The van der Waals surface area contributed by atoms with Crippen LogP contribution in [0, 0.1) is 5.92 Å². The number of fused-ring (bicyclic) bond motifs is 1. The number of amides is 1. The Bertz CT molecular complexity index is 802. The van der Waals surface area contributed by atoms with Gasteiger partial charge >= 0.3 is 0 Å². The number of nitrogens with one attached hydrogen (secondary N) is 2. The van der Waals surface area contributed by atoms with Gasteiger partial charge in [0.25, 0.3) is 5.91 Å². The van der Waals surface area contributed by atoms with E-state index < -0.39 is 0 Å². The first-order valence-corrected chi connectivity index (χ1v) is 7.28. The van der Waals surface area contributed by atoms with Gasteiger partial charge in [-0.2, -0.15) is 0 Å². The standard InChI is InChI=1S/C16H19N5O/c1-10(2)8-21(3)16(22)13-6-11(7-18-13)14-12-4-5-17-15(12)20-9-19-14/h4-7,9-10,18H,8H2,1-3H3,(H,17,19,20). The molecule has 3 aromatic heterocycles. The smallest absolute Gasteiger partial charge is 0.270 e. The summed E-state index contributed by atoms with van der Waals surface area (Å²) in [6.45, 7) is 4.91. The zero-order valence-corrected chi connectivity index (χ0v) is 12.9. The first-order valence-electron chi connectivity index (χ1n) is 7.28. The average molecular weight is 297 g/mol. The zero-order chi connectivity index (χ0) is 15.7. The summed E-state index contributed by atoms with van der Waals surface area (Å²) >= 11 is 0. The third-order valence-corrected chi connectivity index (χ3v) is 3.53. The van der Waals surface area contributed by atoms with Crippen LogP contribution in [-0.4, -0.2) is 44.3 Å². The summed E-state index contributed by atoms with van der Waals surface area (Å²) in [7, 11) is 1.82. The Labute approximate surface area is 128 Å². The molecule has 22 heavy (non-hydrogen) atoms. The normalized spacial score (nSPS) is 11.3. The molecule has 114 valence electrons. The van der Waals surface area contributed by atoms with E-state index in [-0.39, 0.29) is 5.91 Å². The van der Waals surface area contributed by atoms with E-state index in [1.54, 1.807) is 4.90 Å². The number of hydrogen-bond donors (Lipinski definition) is 2. The lowest BCUT2D eigenvalue weighted by Gasteiger charge is -2.18. The van der Waals surface area contributed by atoms with Crippen molar-refractivity contribution in [3.8, 4) is 11.3 Å². The number of rotatable bonds is 4. The Kier molecular flexibility index (Phi) is 3.66. The molecule has 0 saturated carbocycles. The van der Waals surface area contributed by atoms with Gasteiger partial charge in [-0.3, -0.25) is 4.79 Å². The first kappa shape index (κ1) is 14.3. The van der Waals surface area contributed by atoms with Crippen LogP contribution in [0.25, 0.3) is 22.3 Å². The van der Waals surface area contributed by atoms with Gasteiger partial charge in [0.2, 0.25) is 0 Å². The molecule has 3 heterocycles. The van der Waals surface area contributed by atoms with Crippen molar-refractivity contribution in [1.29, 1.82) is 0 Å². The van der Waals surface area contributed by atoms with E-state index in [2.05, 4.69) is 33.8 Å². The van der Waals surface area contributed by atoms with Crippen LogP contribution in [0.15, 0.2) is 30.9 Å². The maximum Gasteiger partial charge on any atom is 0.270 e. The minimum Gasteiger partial charge on any atom is -0.357 e. The van der Waals surface area contributed by atoms with Gasteiger partial charge in [0.15, 0.2) is 0 Å². The van der Waals surface area contributed by atoms with E-state index in [1.165, 1.54) is 6.33 Å².